The normalized spacial score (nSPS) is 26.2. The van der Waals surface area contributed by atoms with E-state index in [0.717, 1.165) is 18.5 Å². The number of amides is 1. The molecule has 0 bridgehead atoms. The molecule has 5 rings (SSSR count). The van der Waals surface area contributed by atoms with Crippen LogP contribution in [0.5, 0.6) is 0 Å². The van der Waals surface area contributed by atoms with Crippen molar-refractivity contribution in [3.63, 3.8) is 0 Å². The zero-order chi connectivity index (χ0) is 15.6. The number of ether oxygens (including phenoxy) is 1. The minimum absolute atomic E-state index is 0.0740. The number of carbonyl (C=O) groups is 1. The molecule has 2 fully saturated rings. The van der Waals surface area contributed by atoms with E-state index in [9.17, 15) is 9.18 Å². The van der Waals surface area contributed by atoms with E-state index in [1.54, 1.807) is 15.8 Å². The molecule has 3 aliphatic rings. The Morgan fingerprint density at radius 1 is 1.39 bits per heavy atom. The highest BCUT2D eigenvalue weighted by atomic mass is 19.1. The number of halogens is 1. The van der Waals surface area contributed by atoms with E-state index in [0.29, 0.717) is 25.4 Å². The third kappa shape index (κ3) is 1.92. The van der Waals surface area contributed by atoms with Gasteiger partial charge in [0.2, 0.25) is 0 Å². The van der Waals surface area contributed by atoms with Crippen molar-refractivity contribution in [1.82, 2.24) is 30.1 Å². The highest BCUT2D eigenvalue weighted by Gasteiger charge is 2.43. The van der Waals surface area contributed by atoms with Gasteiger partial charge < -0.3 is 9.64 Å². The Kier molecular flexibility index (Phi) is 2.64. The van der Waals surface area contributed by atoms with Crippen LogP contribution >= 0.6 is 0 Å². The first-order chi connectivity index (χ1) is 11.2. The predicted octanol–water partition coefficient (Wildman–Crippen LogP) is 0.614. The molecule has 1 aliphatic carbocycles. The summed E-state index contributed by atoms with van der Waals surface area (Å²) in [6.45, 7) is 1.26. The average molecular weight is 318 g/mol. The number of likely N-dealkylation sites (tertiary alicyclic amines) is 1. The molecule has 2 aromatic rings. The molecule has 2 atom stereocenters. The quantitative estimate of drug-likeness (QED) is 0.876. The van der Waals surface area contributed by atoms with Crippen molar-refractivity contribution in [3.8, 4) is 0 Å². The zero-order valence-corrected chi connectivity index (χ0v) is 12.3. The minimum Gasteiger partial charge on any atom is -0.368 e. The lowest BCUT2D eigenvalue weighted by molar-refractivity contribution is -0.00491. The lowest BCUT2D eigenvalue weighted by Gasteiger charge is -2.25. The van der Waals surface area contributed by atoms with Gasteiger partial charge in [-0.25, -0.2) is 9.07 Å². The van der Waals surface area contributed by atoms with Crippen molar-refractivity contribution < 1.29 is 13.9 Å². The van der Waals surface area contributed by atoms with E-state index in [1.807, 2.05) is 0 Å². The van der Waals surface area contributed by atoms with Crippen LogP contribution in [0.1, 0.15) is 46.7 Å². The van der Waals surface area contributed by atoms with E-state index in [-0.39, 0.29) is 23.8 Å². The van der Waals surface area contributed by atoms with Crippen molar-refractivity contribution in [2.45, 2.75) is 37.5 Å². The Hall–Kier alpha value is -2.29. The van der Waals surface area contributed by atoms with Crippen LogP contribution in [0.3, 0.4) is 0 Å². The maximum Gasteiger partial charge on any atom is 0.277 e. The lowest BCUT2D eigenvalue weighted by atomic mass is 10.2. The van der Waals surface area contributed by atoms with Gasteiger partial charge in [0, 0.05) is 19.0 Å². The number of aromatic nitrogens is 5. The fourth-order valence-electron chi connectivity index (χ4n) is 3.44. The highest BCUT2D eigenvalue weighted by Crippen LogP contribution is 2.41. The molecule has 2 aromatic heterocycles. The molecule has 2 aliphatic heterocycles. The molecule has 1 N–H and O–H groups in total. The largest absolute Gasteiger partial charge is 0.368 e. The van der Waals surface area contributed by atoms with Gasteiger partial charge in [0.1, 0.15) is 0 Å². The summed E-state index contributed by atoms with van der Waals surface area (Å²) in [6, 6.07) is -0.0740. The first kappa shape index (κ1) is 13.2. The van der Waals surface area contributed by atoms with Crippen LogP contribution in [0, 0.1) is 5.82 Å². The number of hydrogen-bond acceptors (Lipinski definition) is 5. The van der Waals surface area contributed by atoms with E-state index >= 15 is 0 Å². The van der Waals surface area contributed by atoms with Crippen LogP contribution in [-0.2, 0) is 11.3 Å². The van der Waals surface area contributed by atoms with E-state index in [4.69, 9.17) is 4.74 Å². The fraction of sp³-hybridized carbons (Fsp3) is 0.571. The molecule has 120 valence electrons. The van der Waals surface area contributed by atoms with Crippen LogP contribution in [0.2, 0.25) is 0 Å². The summed E-state index contributed by atoms with van der Waals surface area (Å²) in [7, 11) is 0. The summed E-state index contributed by atoms with van der Waals surface area (Å²) < 4.78 is 22.0. The number of aromatic amines is 1. The smallest absolute Gasteiger partial charge is 0.277 e. The maximum atomic E-state index is 14.4. The summed E-state index contributed by atoms with van der Waals surface area (Å²) in [4.78, 5) is 14.2. The standard InChI is InChI=1S/C14H15FN6O2/c15-11-12(7-1-2-7)17-18-13(11)14(22)20-4-9-10(5-20)23-6-8-3-16-19-21(8)9/h3,7,9-10H,1-2,4-6H2,(H,17,18)/t9-,10-/m0/s1. The first-order valence-electron chi connectivity index (χ1n) is 7.76. The molecule has 1 amide bonds. The van der Waals surface area contributed by atoms with E-state index in [2.05, 4.69) is 20.5 Å². The van der Waals surface area contributed by atoms with Gasteiger partial charge in [0.25, 0.3) is 5.91 Å². The second-order valence-corrected chi connectivity index (χ2v) is 6.37. The summed E-state index contributed by atoms with van der Waals surface area (Å²) in [5.41, 5.74) is 1.23. The number of nitrogens with zero attached hydrogens (tertiary/aromatic N) is 5. The molecule has 0 aromatic carbocycles. The highest BCUT2D eigenvalue weighted by molar-refractivity contribution is 5.93. The molecule has 23 heavy (non-hydrogen) atoms. The number of hydrogen-bond donors (Lipinski definition) is 1. The molecule has 4 heterocycles. The van der Waals surface area contributed by atoms with E-state index < -0.39 is 11.7 Å². The molecule has 9 heteroatoms. The van der Waals surface area contributed by atoms with Gasteiger partial charge in [-0.2, -0.15) is 5.10 Å². The molecule has 1 saturated heterocycles. The Balaban J connectivity index is 1.40. The third-order valence-corrected chi connectivity index (χ3v) is 4.85. The van der Waals surface area contributed by atoms with Crippen LogP contribution in [0.15, 0.2) is 6.20 Å². The average Bonchev–Trinajstić information content (AvgIpc) is 2.99. The number of H-pyrrole nitrogens is 1. The van der Waals surface area contributed by atoms with Crippen molar-refractivity contribution in [2.75, 3.05) is 13.1 Å². The summed E-state index contributed by atoms with van der Waals surface area (Å²) in [5.74, 6) is -0.716. The van der Waals surface area contributed by atoms with Crippen molar-refractivity contribution in [1.29, 1.82) is 0 Å². The lowest BCUT2D eigenvalue weighted by Crippen LogP contribution is -2.32. The van der Waals surface area contributed by atoms with E-state index in [1.165, 1.54) is 0 Å². The Labute approximate surface area is 130 Å². The van der Waals surface area contributed by atoms with Gasteiger partial charge in [0.05, 0.1) is 36.3 Å². The number of nitrogens with one attached hydrogen (secondary N) is 1. The molecule has 0 unspecified atom stereocenters. The van der Waals surface area contributed by atoms with Crippen molar-refractivity contribution in [2.24, 2.45) is 0 Å². The summed E-state index contributed by atoms with van der Waals surface area (Å²) in [6.07, 6.45) is 3.42. The molecule has 8 nitrogen and oxygen atoms in total. The number of fused-ring (bicyclic) bond motifs is 3. The monoisotopic (exact) mass is 318 g/mol. The Morgan fingerprint density at radius 3 is 3.09 bits per heavy atom. The van der Waals surface area contributed by atoms with Crippen molar-refractivity contribution >= 4 is 5.91 Å². The molecule has 0 radical (unpaired) electrons. The van der Waals surface area contributed by atoms with Crippen molar-refractivity contribution in [3.05, 3.63) is 29.1 Å². The fourth-order valence-corrected chi connectivity index (χ4v) is 3.44. The van der Waals surface area contributed by atoms with Gasteiger partial charge in [-0.3, -0.25) is 9.89 Å². The van der Waals surface area contributed by atoms with Gasteiger partial charge in [-0.05, 0) is 12.8 Å². The van der Waals surface area contributed by atoms with Gasteiger partial charge >= 0.3 is 0 Å². The predicted molar refractivity (Wildman–Crippen MR) is 74.1 cm³/mol. The van der Waals surface area contributed by atoms with Crippen LogP contribution in [0.4, 0.5) is 4.39 Å². The van der Waals surface area contributed by atoms with Crippen LogP contribution in [-0.4, -0.2) is 55.2 Å². The SMILES string of the molecule is O=C(c1n[nH]c(C2CC2)c1F)N1C[C@@H]2OCc3cnnn3[C@H]2C1. The first-order valence-corrected chi connectivity index (χ1v) is 7.76. The molecular formula is C14H15FN6O2. The summed E-state index contributed by atoms with van der Waals surface area (Å²) in [5, 5.41) is 14.5. The third-order valence-electron chi connectivity index (χ3n) is 4.85. The second kappa shape index (κ2) is 4.60. The number of carbonyl (C=O) groups excluding carboxylic acids is 1. The van der Waals surface area contributed by atoms with Crippen LogP contribution < -0.4 is 0 Å². The molecular weight excluding hydrogens is 303 g/mol. The minimum atomic E-state index is -0.505. The second-order valence-electron chi connectivity index (χ2n) is 6.37. The number of rotatable bonds is 2. The van der Waals surface area contributed by atoms with Gasteiger partial charge in [0.15, 0.2) is 11.5 Å². The van der Waals surface area contributed by atoms with Gasteiger partial charge in [-0.15, -0.1) is 5.10 Å². The Morgan fingerprint density at radius 2 is 2.26 bits per heavy atom. The van der Waals surface area contributed by atoms with Crippen LogP contribution in [0.25, 0.3) is 0 Å². The summed E-state index contributed by atoms with van der Waals surface area (Å²) >= 11 is 0. The maximum absolute atomic E-state index is 14.4. The topological polar surface area (TPSA) is 88.9 Å². The zero-order valence-electron chi connectivity index (χ0n) is 12.3. The van der Waals surface area contributed by atoms with Gasteiger partial charge in [-0.1, -0.05) is 5.21 Å². The molecule has 0 spiro atoms. The Bertz CT molecular complexity index is 782. The molecule has 1 saturated carbocycles.